The van der Waals surface area contributed by atoms with Crippen molar-refractivity contribution in [2.24, 2.45) is 0 Å². The summed E-state index contributed by atoms with van der Waals surface area (Å²) < 4.78 is 8.74. The fraction of sp³-hybridized carbons (Fsp3) is 0.750. The Kier molecular flexibility index (Phi) is 15.0. The van der Waals surface area contributed by atoms with Crippen LogP contribution >= 0.6 is 0 Å². The van der Waals surface area contributed by atoms with Crippen molar-refractivity contribution in [3.8, 4) is 0 Å². The highest BCUT2D eigenvalue weighted by molar-refractivity contribution is 5.75. The molecule has 3 aliphatic rings. The molecule has 1 aromatic carbocycles. The van der Waals surface area contributed by atoms with Crippen molar-refractivity contribution in [1.29, 1.82) is 0 Å². The van der Waals surface area contributed by atoms with E-state index in [-0.39, 0.29) is 17.7 Å². The van der Waals surface area contributed by atoms with E-state index in [1.165, 1.54) is 57.8 Å². The van der Waals surface area contributed by atoms with Gasteiger partial charge in [-0.1, -0.05) is 98.6 Å². The fourth-order valence-corrected chi connectivity index (χ4v) is 5.56. The molecule has 6 heteroatoms. The third-order valence-electron chi connectivity index (χ3n) is 7.32. The first kappa shape index (κ1) is 32.3. The molecule has 0 amide bonds. The van der Waals surface area contributed by atoms with E-state index < -0.39 is 5.56 Å². The van der Waals surface area contributed by atoms with Crippen LogP contribution in [0.25, 0.3) is 11.0 Å². The SMILES string of the molecule is CC.CCC.CCC.O=c1c(=O)n(C2CCN(C3CCCCCCC3)CC2)c2ccccc2n1CC1CO1. The Morgan fingerprint density at radius 2 is 1.24 bits per heavy atom. The highest BCUT2D eigenvalue weighted by Crippen LogP contribution is 2.29. The number of rotatable bonds is 4. The lowest BCUT2D eigenvalue weighted by Gasteiger charge is -2.39. The van der Waals surface area contributed by atoms with Gasteiger partial charge in [0, 0.05) is 25.2 Å². The topological polar surface area (TPSA) is 59.8 Å². The number of ether oxygens (including phenoxy) is 1. The first-order chi connectivity index (χ1) is 18.5. The highest BCUT2D eigenvalue weighted by Gasteiger charge is 2.30. The molecule has 0 bridgehead atoms. The van der Waals surface area contributed by atoms with Gasteiger partial charge in [0.2, 0.25) is 0 Å². The summed E-state index contributed by atoms with van der Waals surface area (Å²) in [4.78, 5) is 28.8. The average molecular weight is 530 g/mol. The lowest BCUT2D eigenvalue weighted by Crippen LogP contribution is -2.47. The molecule has 2 aromatic rings. The van der Waals surface area contributed by atoms with Crippen molar-refractivity contribution in [2.45, 2.75) is 137 Å². The van der Waals surface area contributed by atoms with Crippen LogP contribution in [-0.4, -0.2) is 45.9 Å². The Balaban J connectivity index is 0.000000571. The van der Waals surface area contributed by atoms with Gasteiger partial charge in [0.15, 0.2) is 0 Å². The molecule has 3 heterocycles. The molecule has 1 unspecified atom stereocenters. The van der Waals surface area contributed by atoms with Gasteiger partial charge in [0.25, 0.3) is 0 Å². The van der Waals surface area contributed by atoms with E-state index in [2.05, 4.69) is 32.6 Å². The normalized spacial score (nSPS) is 20.5. The number of likely N-dealkylation sites (tertiary alicyclic amines) is 1. The van der Waals surface area contributed by atoms with E-state index in [0.29, 0.717) is 19.2 Å². The van der Waals surface area contributed by atoms with Crippen molar-refractivity contribution < 1.29 is 4.74 Å². The van der Waals surface area contributed by atoms with Crippen LogP contribution in [0.3, 0.4) is 0 Å². The van der Waals surface area contributed by atoms with E-state index in [1.54, 1.807) is 9.13 Å². The van der Waals surface area contributed by atoms with Crippen LogP contribution in [-0.2, 0) is 11.3 Å². The first-order valence-electron chi connectivity index (χ1n) is 15.6. The highest BCUT2D eigenvalue weighted by atomic mass is 16.6. The lowest BCUT2D eigenvalue weighted by atomic mass is 9.93. The number of epoxide rings is 1. The molecule has 2 saturated heterocycles. The zero-order valence-electron chi connectivity index (χ0n) is 25.2. The zero-order valence-corrected chi connectivity index (χ0v) is 25.2. The van der Waals surface area contributed by atoms with E-state index >= 15 is 0 Å². The van der Waals surface area contributed by atoms with E-state index in [1.807, 2.05) is 38.1 Å². The molecule has 0 spiro atoms. The molecule has 3 fully saturated rings. The minimum atomic E-state index is -0.411. The predicted octanol–water partition coefficient (Wildman–Crippen LogP) is 7.17. The molecule has 2 aliphatic heterocycles. The third-order valence-corrected chi connectivity index (χ3v) is 7.32. The molecular weight excluding hydrogens is 474 g/mol. The van der Waals surface area contributed by atoms with Gasteiger partial charge >= 0.3 is 11.1 Å². The summed E-state index contributed by atoms with van der Waals surface area (Å²) in [5, 5.41) is 0. The van der Waals surface area contributed by atoms with Gasteiger partial charge in [0.05, 0.1) is 30.3 Å². The summed E-state index contributed by atoms with van der Waals surface area (Å²) in [5.41, 5.74) is 0.942. The summed E-state index contributed by atoms with van der Waals surface area (Å²) >= 11 is 0. The van der Waals surface area contributed by atoms with Crippen LogP contribution in [0.1, 0.15) is 118 Å². The smallest absolute Gasteiger partial charge is 0.317 e. The van der Waals surface area contributed by atoms with Crippen molar-refractivity contribution in [3.63, 3.8) is 0 Å². The quantitative estimate of drug-likeness (QED) is 0.311. The van der Waals surface area contributed by atoms with Gasteiger partial charge in [-0.15, -0.1) is 0 Å². The number of nitrogens with zero attached hydrogens (tertiary/aromatic N) is 3. The number of hydrogen-bond acceptors (Lipinski definition) is 4. The maximum absolute atomic E-state index is 13.1. The second-order valence-corrected chi connectivity index (χ2v) is 10.7. The molecular formula is C32H55N3O3. The zero-order chi connectivity index (χ0) is 27.9. The summed E-state index contributed by atoms with van der Waals surface area (Å²) in [5.74, 6) is 0. The number of piperidine rings is 1. The maximum Gasteiger partial charge on any atom is 0.317 e. The van der Waals surface area contributed by atoms with E-state index in [9.17, 15) is 9.59 Å². The molecule has 38 heavy (non-hydrogen) atoms. The minimum absolute atomic E-state index is 0.0633. The Bertz CT molecular complexity index is 1020. The van der Waals surface area contributed by atoms with E-state index in [0.717, 1.165) is 37.0 Å². The molecule has 1 aromatic heterocycles. The monoisotopic (exact) mass is 529 g/mol. The van der Waals surface area contributed by atoms with Gasteiger partial charge in [-0.2, -0.15) is 0 Å². The third kappa shape index (κ3) is 9.08. The number of para-hydroxylation sites is 2. The molecule has 5 rings (SSSR count). The predicted molar refractivity (Wildman–Crippen MR) is 161 cm³/mol. The van der Waals surface area contributed by atoms with Crippen LogP contribution < -0.4 is 11.1 Å². The van der Waals surface area contributed by atoms with Gasteiger partial charge in [-0.05, 0) is 37.8 Å². The molecule has 6 nitrogen and oxygen atoms in total. The van der Waals surface area contributed by atoms with Crippen molar-refractivity contribution in [3.05, 3.63) is 45.0 Å². The van der Waals surface area contributed by atoms with Crippen LogP contribution in [0.4, 0.5) is 0 Å². The molecule has 1 saturated carbocycles. The van der Waals surface area contributed by atoms with Gasteiger partial charge < -0.3 is 9.64 Å². The Morgan fingerprint density at radius 1 is 0.737 bits per heavy atom. The number of aromatic nitrogens is 2. The number of hydrogen-bond donors (Lipinski definition) is 0. The Hall–Kier alpha value is -1.92. The maximum atomic E-state index is 13.1. The van der Waals surface area contributed by atoms with Crippen LogP contribution in [0.15, 0.2) is 33.9 Å². The Morgan fingerprint density at radius 3 is 1.76 bits per heavy atom. The standard InChI is InChI=1S/C24H33N3O3.2C3H8.C2H6/c28-23-24(29)27(22-11-7-6-10-21(22)26(23)16-20-17-30-20)19-12-14-25(15-13-19)18-8-4-2-1-3-5-9-18;2*1-3-2;1-2/h6-7,10-11,18-20H,1-5,8-9,12-17H2;2*3H2,1-2H3;1-2H3. The van der Waals surface area contributed by atoms with Gasteiger partial charge in [0.1, 0.15) is 0 Å². The van der Waals surface area contributed by atoms with Crippen LogP contribution in [0, 0.1) is 0 Å². The lowest BCUT2D eigenvalue weighted by molar-refractivity contribution is 0.115. The summed E-state index contributed by atoms with van der Waals surface area (Å²) in [6.07, 6.45) is 13.9. The molecule has 216 valence electrons. The van der Waals surface area contributed by atoms with Gasteiger partial charge in [-0.3, -0.25) is 18.7 Å². The second kappa shape index (κ2) is 17.6. The number of benzene rings is 1. The van der Waals surface area contributed by atoms with Gasteiger partial charge in [-0.25, -0.2) is 0 Å². The summed E-state index contributed by atoms with van der Waals surface area (Å²) in [7, 11) is 0. The Labute approximate surface area is 231 Å². The molecule has 1 aliphatic carbocycles. The molecule has 1 atom stereocenters. The average Bonchev–Trinajstić information content (AvgIpc) is 3.74. The molecule has 0 N–H and O–H groups in total. The summed E-state index contributed by atoms with van der Waals surface area (Å²) in [6.45, 7) is 15.7. The fourth-order valence-electron chi connectivity index (χ4n) is 5.56. The first-order valence-corrected chi connectivity index (χ1v) is 15.6. The van der Waals surface area contributed by atoms with Crippen molar-refractivity contribution in [1.82, 2.24) is 14.0 Å². The molecule has 0 radical (unpaired) electrons. The minimum Gasteiger partial charge on any atom is -0.371 e. The summed E-state index contributed by atoms with van der Waals surface area (Å²) in [6, 6.07) is 8.65. The van der Waals surface area contributed by atoms with Crippen LogP contribution in [0.2, 0.25) is 0 Å². The largest absolute Gasteiger partial charge is 0.371 e. The van der Waals surface area contributed by atoms with Crippen molar-refractivity contribution >= 4 is 11.0 Å². The number of fused-ring (bicyclic) bond motifs is 1. The van der Waals surface area contributed by atoms with Crippen molar-refractivity contribution in [2.75, 3.05) is 19.7 Å². The van der Waals surface area contributed by atoms with Crippen LogP contribution in [0.5, 0.6) is 0 Å². The second-order valence-electron chi connectivity index (χ2n) is 10.7. The van der Waals surface area contributed by atoms with E-state index in [4.69, 9.17) is 4.74 Å².